The van der Waals surface area contributed by atoms with Crippen molar-refractivity contribution < 1.29 is 18.9 Å². The predicted octanol–water partition coefficient (Wildman–Crippen LogP) is 3.51. The predicted molar refractivity (Wildman–Crippen MR) is 79.0 cm³/mol. The second kappa shape index (κ2) is 5.86. The normalized spacial score (nSPS) is 34.1. The first-order valence-corrected chi connectivity index (χ1v) is 7.74. The van der Waals surface area contributed by atoms with Crippen LogP contribution in [0.2, 0.25) is 5.02 Å². The molecule has 2 aliphatic rings. The summed E-state index contributed by atoms with van der Waals surface area (Å²) in [5.74, 6) is -0.625. The zero-order valence-electron chi connectivity index (χ0n) is 12.5. The molecule has 0 saturated carbocycles. The van der Waals surface area contributed by atoms with Crippen molar-refractivity contribution in [1.29, 1.82) is 0 Å². The fraction of sp³-hybridized carbons (Fsp3) is 0.625. The molecule has 0 amide bonds. The van der Waals surface area contributed by atoms with Crippen LogP contribution in [-0.2, 0) is 25.6 Å². The van der Waals surface area contributed by atoms with Gasteiger partial charge in [-0.2, -0.15) is 0 Å². The number of benzene rings is 1. The minimum absolute atomic E-state index is 0.0152. The third-order valence-electron chi connectivity index (χ3n) is 3.88. The van der Waals surface area contributed by atoms with Crippen molar-refractivity contribution in [2.45, 2.75) is 64.2 Å². The lowest BCUT2D eigenvalue weighted by Gasteiger charge is -2.25. The van der Waals surface area contributed by atoms with Crippen LogP contribution in [0.5, 0.6) is 0 Å². The Labute approximate surface area is 130 Å². The standard InChI is InChI=1S/C16H21ClO4/c1-4-12-13(14-15(19-12)21-16(2,3)20-14)18-9-10-7-5-6-8-11(10)17/h5-8,12-15H,4,9H2,1-3H3/t12-,13+,14-,15-/m1/s1. The largest absolute Gasteiger partial charge is 0.368 e. The number of fused-ring (bicyclic) bond motifs is 1. The first-order valence-electron chi connectivity index (χ1n) is 7.36. The molecule has 2 aliphatic heterocycles. The average Bonchev–Trinajstić information content (AvgIpc) is 2.89. The maximum Gasteiger partial charge on any atom is 0.190 e. The van der Waals surface area contributed by atoms with Crippen LogP contribution in [0.25, 0.3) is 0 Å². The van der Waals surface area contributed by atoms with Crippen molar-refractivity contribution in [3.63, 3.8) is 0 Å². The molecule has 4 nitrogen and oxygen atoms in total. The van der Waals surface area contributed by atoms with Crippen molar-refractivity contribution in [2.24, 2.45) is 0 Å². The van der Waals surface area contributed by atoms with E-state index in [2.05, 4.69) is 6.92 Å². The number of hydrogen-bond acceptors (Lipinski definition) is 4. The van der Waals surface area contributed by atoms with E-state index < -0.39 is 5.79 Å². The van der Waals surface area contributed by atoms with Gasteiger partial charge in [0.2, 0.25) is 0 Å². The maximum absolute atomic E-state index is 6.17. The van der Waals surface area contributed by atoms with Crippen molar-refractivity contribution in [3.05, 3.63) is 34.9 Å². The zero-order valence-corrected chi connectivity index (χ0v) is 13.3. The van der Waals surface area contributed by atoms with Crippen LogP contribution in [0.1, 0.15) is 32.8 Å². The van der Waals surface area contributed by atoms with Gasteiger partial charge in [-0.05, 0) is 31.9 Å². The molecule has 1 aromatic rings. The summed E-state index contributed by atoms with van der Waals surface area (Å²) in [5.41, 5.74) is 0.968. The van der Waals surface area contributed by atoms with E-state index in [9.17, 15) is 0 Å². The van der Waals surface area contributed by atoms with E-state index in [0.717, 1.165) is 12.0 Å². The molecule has 1 aromatic carbocycles. The van der Waals surface area contributed by atoms with Gasteiger partial charge in [0.1, 0.15) is 12.2 Å². The van der Waals surface area contributed by atoms with Crippen LogP contribution >= 0.6 is 11.6 Å². The van der Waals surface area contributed by atoms with E-state index in [-0.39, 0.29) is 24.6 Å². The summed E-state index contributed by atoms with van der Waals surface area (Å²) in [4.78, 5) is 0. The molecule has 116 valence electrons. The first-order chi connectivity index (χ1) is 10.00. The summed E-state index contributed by atoms with van der Waals surface area (Å²) in [5, 5.41) is 0.713. The molecule has 0 N–H and O–H groups in total. The zero-order chi connectivity index (χ0) is 15.0. The molecule has 2 heterocycles. The smallest absolute Gasteiger partial charge is 0.190 e. The SMILES string of the molecule is CC[C@H]1O[C@@H]2OC(C)(C)O[C@@H]2[C@H]1OCc1ccccc1Cl. The fourth-order valence-corrected chi connectivity index (χ4v) is 3.07. The Balaban J connectivity index is 1.69. The topological polar surface area (TPSA) is 36.9 Å². The summed E-state index contributed by atoms with van der Waals surface area (Å²) in [7, 11) is 0. The summed E-state index contributed by atoms with van der Waals surface area (Å²) in [6, 6.07) is 7.69. The van der Waals surface area contributed by atoms with E-state index in [0.29, 0.717) is 11.6 Å². The van der Waals surface area contributed by atoms with Crippen molar-refractivity contribution in [3.8, 4) is 0 Å². The third-order valence-corrected chi connectivity index (χ3v) is 4.25. The Bertz CT molecular complexity index is 505. The van der Waals surface area contributed by atoms with Gasteiger partial charge in [0.25, 0.3) is 0 Å². The lowest BCUT2D eigenvalue weighted by molar-refractivity contribution is -0.219. The van der Waals surface area contributed by atoms with Crippen LogP contribution in [-0.4, -0.2) is 30.4 Å². The number of ether oxygens (including phenoxy) is 4. The molecule has 0 bridgehead atoms. The monoisotopic (exact) mass is 312 g/mol. The lowest BCUT2D eigenvalue weighted by atomic mass is 10.1. The number of rotatable bonds is 4. The molecule has 2 fully saturated rings. The molecule has 4 atom stereocenters. The highest BCUT2D eigenvalue weighted by Crippen LogP contribution is 2.39. The van der Waals surface area contributed by atoms with E-state index in [1.807, 2.05) is 38.1 Å². The van der Waals surface area contributed by atoms with Crippen molar-refractivity contribution >= 4 is 11.6 Å². The van der Waals surface area contributed by atoms with Gasteiger partial charge in [0, 0.05) is 5.02 Å². The molecule has 0 spiro atoms. The Kier molecular flexibility index (Phi) is 4.26. The van der Waals surface area contributed by atoms with E-state index in [1.165, 1.54) is 0 Å². The van der Waals surface area contributed by atoms with Gasteiger partial charge >= 0.3 is 0 Å². The Morgan fingerprint density at radius 1 is 1.24 bits per heavy atom. The maximum atomic E-state index is 6.17. The Hall–Kier alpha value is -0.650. The van der Waals surface area contributed by atoms with Crippen LogP contribution in [0.15, 0.2) is 24.3 Å². The molecule has 0 aromatic heterocycles. The Morgan fingerprint density at radius 2 is 2.00 bits per heavy atom. The van der Waals surface area contributed by atoms with Gasteiger partial charge in [-0.15, -0.1) is 0 Å². The van der Waals surface area contributed by atoms with Gasteiger partial charge in [-0.25, -0.2) is 0 Å². The van der Waals surface area contributed by atoms with Crippen molar-refractivity contribution in [2.75, 3.05) is 0 Å². The number of halogens is 1. The molecule has 0 radical (unpaired) electrons. The highest BCUT2D eigenvalue weighted by molar-refractivity contribution is 6.31. The average molecular weight is 313 g/mol. The van der Waals surface area contributed by atoms with Gasteiger partial charge in [0.05, 0.1) is 12.7 Å². The van der Waals surface area contributed by atoms with E-state index in [1.54, 1.807) is 0 Å². The minimum Gasteiger partial charge on any atom is -0.368 e. The lowest BCUT2D eigenvalue weighted by Crippen LogP contribution is -2.36. The second-order valence-electron chi connectivity index (χ2n) is 5.92. The number of hydrogen-bond donors (Lipinski definition) is 0. The van der Waals surface area contributed by atoms with Gasteiger partial charge in [0.15, 0.2) is 12.1 Å². The first kappa shape index (κ1) is 15.3. The van der Waals surface area contributed by atoms with Crippen LogP contribution in [0.3, 0.4) is 0 Å². The van der Waals surface area contributed by atoms with Gasteiger partial charge < -0.3 is 18.9 Å². The molecule has 5 heteroatoms. The molecule has 21 heavy (non-hydrogen) atoms. The highest BCUT2D eigenvalue weighted by atomic mass is 35.5. The fourth-order valence-electron chi connectivity index (χ4n) is 2.88. The quantitative estimate of drug-likeness (QED) is 0.852. The third kappa shape index (κ3) is 3.10. The van der Waals surface area contributed by atoms with Crippen LogP contribution in [0.4, 0.5) is 0 Å². The van der Waals surface area contributed by atoms with Gasteiger partial charge in [-0.3, -0.25) is 0 Å². The van der Waals surface area contributed by atoms with Gasteiger partial charge in [-0.1, -0.05) is 36.7 Å². The summed E-state index contributed by atoms with van der Waals surface area (Å²) in [6.45, 7) is 6.29. The Morgan fingerprint density at radius 3 is 2.71 bits per heavy atom. The summed E-state index contributed by atoms with van der Waals surface area (Å²) in [6.07, 6.45) is 0.165. The molecule has 3 rings (SSSR count). The van der Waals surface area contributed by atoms with E-state index in [4.69, 9.17) is 30.5 Å². The van der Waals surface area contributed by atoms with Crippen molar-refractivity contribution in [1.82, 2.24) is 0 Å². The highest BCUT2D eigenvalue weighted by Gasteiger charge is 2.54. The van der Waals surface area contributed by atoms with Crippen LogP contribution < -0.4 is 0 Å². The minimum atomic E-state index is -0.625. The molecule has 0 unspecified atom stereocenters. The molecular formula is C16H21ClO4. The molecule has 0 aliphatic carbocycles. The van der Waals surface area contributed by atoms with E-state index >= 15 is 0 Å². The van der Waals surface area contributed by atoms with Crippen LogP contribution in [0, 0.1) is 0 Å². The summed E-state index contributed by atoms with van der Waals surface area (Å²) < 4.78 is 23.7. The second-order valence-corrected chi connectivity index (χ2v) is 6.33. The molecular weight excluding hydrogens is 292 g/mol. The summed E-state index contributed by atoms with van der Waals surface area (Å²) >= 11 is 6.17. The molecule has 2 saturated heterocycles.